The molecule has 16 heteroatoms. The third-order valence-electron chi connectivity index (χ3n) is 11.3. The molecule has 8 atom stereocenters. The van der Waals surface area contributed by atoms with Gasteiger partial charge in [0.25, 0.3) is 0 Å². The number of fused-ring (bicyclic) bond motifs is 2. The first-order valence-electron chi connectivity index (χ1n) is 19.6. The Kier molecular flexibility index (Phi) is 11.1. The van der Waals surface area contributed by atoms with Crippen molar-refractivity contribution in [2.45, 2.75) is 103 Å². The predicted molar refractivity (Wildman–Crippen MR) is 213 cm³/mol. The van der Waals surface area contributed by atoms with Crippen LogP contribution in [0.2, 0.25) is 0 Å². The SMILES string of the molecule is C=C[C@@H]1CC1(NC(=O)[C@@H]1C[C@H](Oc2cc(-c3csc(NC(C)C)n3)nc3cc(OCCO)ccc23)CN1C(=O)[C@@H](NC(=O)O[C@@H]1C[C@@H]2C[C@@H]2C1)C(C)(C)C)C(=O)O. The number of carboxylic acids is 1. The number of nitrogens with zero attached hydrogens (tertiary/aromatic N) is 3. The van der Waals surface area contributed by atoms with Crippen LogP contribution in [0.3, 0.4) is 0 Å². The maximum absolute atomic E-state index is 14.7. The number of carbonyl (C=O) groups excluding carboxylic acids is 3. The number of nitrogens with one attached hydrogen (secondary N) is 3. The topological polar surface area (TPSA) is 202 Å². The van der Waals surface area contributed by atoms with Gasteiger partial charge in [-0.2, -0.15) is 0 Å². The lowest BCUT2D eigenvalue weighted by atomic mass is 9.85. The van der Waals surface area contributed by atoms with Gasteiger partial charge in [-0.05, 0) is 68.9 Å². The molecule has 0 spiro atoms. The quantitative estimate of drug-likeness (QED) is 0.129. The maximum atomic E-state index is 14.7. The van der Waals surface area contributed by atoms with E-state index in [0.29, 0.717) is 45.6 Å². The first-order valence-corrected chi connectivity index (χ1v) is 20.5. The molecule has 3 heterocycles. The van der Waals surface area contributed by atoms with E-state index in [2.05, 4.69) is 22.5 Å². The average molecular weight is 805 g/mol. The number of pyridine rings is 1. The minimum atomic E-state index is -1.53. The molecule has 7 rings (SSSR count). The van der Waals surface area contributed by atoms with Gasteiger partial charge in [0, 0.05) is 41.3 Å². The monoisotopic (exact) mass is 804 g/mol. The molecular formula is C41H52N6O9S. The number of ether oxygens (including phenoxy) is 3. The number of alkyl carbamates (subject to hydrolysis) is 1. The van der Waals surface area contributed by atoms with Gasteiger partial charge in [0.1, 0.15) is 53.6 Å². The summed E-state index contributed by atoms with van der Waals surface area (Å²) in [5, 5.41) is 31.5. The predicted octanol–water partition coefficient (Wildman–Crippen LogP) is 4.98. The van der Waals surface area contributed by atoms with Crippen LogP contribution in [0.25, 0.3) is 22.3 Å². The second-order valence-electron chi connectivity index (χ2n) is 17.1. The minimum Gasteiger partial charge on any atom is -0.491 e. The van der Waals surface area contributed by atoms with Crippen molar-refractivity contribution in [2.24, 2.45) is 23.2 Å². The van der Waals surface area contributed by atoms with Crippen molar-refractivity contribution < 1.29 is 43.6 Å². The smallest absolute Gasteiger partial charge is 0.408 e. The van der Waals surface area contributed by atoms with Crippen molar-refractivity contribution in [3.05, 3.63) is 42.3 Å². The fourth-order valence-electron chi connectivity index (χ4n) is 8.11. The Bertz CT molecular complexity index is 2040. The molecule has 306 valence electrons. The fraction of sp³-hybridized carbons (Fsp3) is 0.561. The summed E-state index contributed by atoms with van der Waals surface area (Å²) in [6.07, 6.45) is 2.91. The van der Waals surface area contributed by atoms with Gasteiger partial charge >= 0.3 is 12.1 Å². The van der Waals surface area contributed by atoms with Gasteiger partial charge in [-0.25, -0.2) is 19.6 Å². The standard InChI is InChI=1S/C41H52N6O9S/c1-7-24-18-41(24,37(51)52)46-35(49)32-16-27(19-47(32)36(50)34(40(4,5)6)45-39(53)56-26-13-22-12-23(22)14-26)55-33-17-30(31-20-57-38(44-31)42-21(2)3)43-29-15-25(54-11-10-48)8-9-28(29)33/h7-9,15,17,20-24,26-27,32,34,48H,1,10-14,16,18-19H2,2-6H3,(H,42,44)(H,45,53)(H,46,49)(H,51,52)/t22-,23+,24-,26+,27+,32+,34-,41?/m1/s1. The third kappa shape index (κ3) is 8.66. The molecule has 3 aliphatic carbocycles. The highest BCUT2D eigenvalue weighted by atomic mass is 32.1. The van der Waals surface area contributed by atoms with Crippen LogP contribution in [-0.4, -0.2) is 105 Å². The van der Waals surface area contributed by atoms with Gasteiger partial charge in [0.2, 0.25) is 11.8 Å². The lowest BCUT2D eigenvalue weighted by Crippen LogP contribution is -2.59. The van der Waals surface area contributed by atoms with Gasteiger partial charge in [0.05, 0.1) is 24.4 Å². The van der Waals surface area contributed by atoms with Gasteiger partial charge in [0.15, 0.2) is 5.13 Å². The zero-order valence-electron chi connectivity index (χ0n) is 32.9. The number of rotatable bonds is 15. The average Bonchev–Trinajstić information content (AvgIpc) is 3.82. The Hall–Kier alpha value is -4.96. The van der Waals surface area contributed by atoms with E-state index in [1.165, 1.54) is 28.7 Å². The number of amides is 3. The molecule has 1 aromatic carbocycles. The summed E-state index contributed by atoms with van der Waals surface area (Å²) in [5.41, 5.74) is -0.649. The second kappa shape index (κ2) is 15.8. The van der Waals surface area contributed by atoms with Gasteiger partial charge in [-0.3, -0.25) is 9.59 Å². The first kappa shape index (κ1) is 40.2. The summed E-state index contributed by atoms with van der Waals surface area (Å²) in [4.78, 5) is 65.5. The Morgan fingerprint density at radius 2 is 1.82 bits per heavy atom. The number of aliphatic hydroxyl groups excluding tert-OH is 1. The van der Waals surface area contributed by atoms with Crippen molar-refractivity contribution in [3.63, 3.8) is 0 Å². The molecular weight excluding hydrogens is 753 g/mol. The Morgan fingerprint density at radius 3 is 2.47 bits per heavy atom. The van der Waals surface area contributed by atoms with Crippen LogP contribution < -0.4 is 25.4 Å². The molecule has 4 aliphatic rings. The van der Waals surface area contributed by atoms with Crippen LogP contribution in [0.15, 0.2) is 42.3 Å². The summed E-state index contributed by atoms with van der Waals surface area (Å²) in [7, 11) is 0. The summed E-state index contributed by atoms with van der Waals surface area (Å²) in [5.74, 6) is -0.685. The highest BCUT2D eigenvalue weighted by Crippen LogP contribution is 2.52. The summed E-state index contributed by atoms with van der Waals surface area (Å²) in [6.45, 7) is 13.1. The van der Waals surface area contributed by atoms with E-state index in [-0.39, 0.29) is 44.7 Å². The molecule has 3 amide bonds. The fourth-order valence-corrected chi connectivity index (χ4v) is 8.96. The van der Waals surface area contributed by atoms with Crippen LogP contribution >= 0.6 is 11.3 Å². The number of anilines is 1. The van der Waals surface area contributed by atoms with Crippen LogP contribution in [0.4, 0.5) is 9.93 Å². The minimum absolute atomic E-state index is 0.0346. The van der Waals surface area contributed by atoms with E-state index in [0.717, 1.165) is 18.0 Å². The van der Waals surface area contributed by atoms with Crippen molar-refractivity contribution >= 4 is 51.2 Å². The number of aliphatic carboxylic acids is 1. The number of thiazole rings is 1. The van der Waals surface area contributed by atoms with Gasteiger partial charge in [-0.15, -0.1) is 17.9 Å². The maximum Gasteiger partial charge on any atom is 0.408 e. The molecule has 5 N–H and O–H groups in total. The van der Waals surface area contributed by atoms with Crippen molar-refractivity contribution in [3.8, 4) is 22.9 Å². The zero-order valence-corrected chi connectivity index (χ0v) is 33.8. The van der Waals surface area contributed by atoms with E-state index < -0.39 is 58.9 Å². The lowest BCUT2D eigenvalue weighted by Gasteiger charge is -2.35. The van der Waals surface area contributed by atoms with Crippen LogP contribution in [0.5, 0.6) is 11.5 Å². The molecule has 1 saturated heterocycles. The Balaban J connectivity index is 1.19. The van der Waals surface area contributed by atoms with Crippen molar-refractivity contribution in [2.75, 3.05) is 25.1 Å². The number of likely N-dealkylation sites (tertiary alicyclic amines) is 1. The van der Waals surface area contributed by atoms with Crippen LogP contribution in [0, 0.1) is 23.2 Å². The molecule has 4 fully saturated rings. The molecule has 15 nitrogen and oxygen atoms in total. The van der Waals surface area contributed by atoms with E-state index in [1.54, 1.807) is 24.3 Å². The highest BCUT2D eigenvalue weighted by molar-refractivity contribution is 7.14. The largest absolute Gasteiger partial charge is 0.491 e. The number of aliphatic hydroxyl groups is 1. The van der Waals surface area contributed by atoms with Gasteiger partial charge < -0.3 is 45.3 Å². The Morgan fingerprint density at radius 1 is 1.07 bits per heavy atom. The molecule has 3 aromatic rings. The van der Waals surface area contributed by atoms with Crippen LogP contribution in [0.1, 0.15) is 66.7 Å². The number of hydrogen-bond acceptors (Lipinski definition) is 12. The summed E-state index contributed by atoms with van der Waals surface area (Å²) >= 11 is 1.44. The number of benzene rings is 1. The van der Waals surface area contributed by atoms with Gasteiger partial charge in [-0.1, -0.05) is 26.8 Å². The Labute approximate surface area is 335 Å². The van der Waals surface area contributed by atoms with E-state index in [9.17, 15) is 29.4 Å². The molecule has 1 unspecified atom stereocenters. The number of carboxylic acid groups (broad SMARTS) is 1. The lowest BCUT2D eigenvalue weighted by molar-refractivity contribution is -0.146. The van der Waals surface area contributed by atoms with Crippen molar-refractivity contribution in [1.29, 1.82) is 0 Å². The normalized spacial score (nSPS) is 26.7. The number of carbonyl (C=O) groups is 4. The molecule has 0 bridgehead atoms. The molecule has 0 radical (unpaired) electrons. The van der Waals surface area contributed by atoms with E-state index >= 15 is 0 Å². The molecule has 57 heavy (non-hydrogen) atoms. The van der Waals surface area contributed by atoms with E-state index in [4.69, 9.17) is 24.2 Å². The van der Waals surface area contributed by atoms with Crippen molar-refractivity contribution in [1.82, 2.24) is 25.5 Å². The number of aromatic nitrogens is 2. The summed E-state index contributed by atoms with van der Waals surface area (Å²) < 4.78 is 18.1. The molecule has 2 aromatic heterocycles. The molecule has 1 aliphatic heterocycles. The number of hydrogen-bond donors (Lipinski definition) is 5. The third-order valence-corrected chi connectivity index (χ3v) is 12.1. The first-order chi connectivity index (χ1) is 27.1. The highest BCUT2D eigenvalue weighted by Gasteiger charge is 2.61. The molecule has 3 saturated carbocycles. The van der Waals surface area contributed by atoms with Crippen LogP contribution in [-0.2, 0) is 19.1 Å². The summed E-state index contributed by atoms with van der Waals surface area (Å²) in [6, 6.07) is 5.02. The zero-order chi connectivity index (χ0) is 40.8. The second-order valence-corrected chi connectivity index (χ2v) is 17.9. The van der Waals surface area contributed by atoms with E-state index in [1.807, 2.05) is 40.0 Å².